The smallest absolute Gasteiger partial charge is 0.276 e. The summed E-state index contributed by atoms with van der Waals surface area (Å²) < 4.78 is 6.33. The molecule has 0 radical (unpaired) electrons. The average Bonchev–Trinajstić information content (AvgIpc) is 2.48. The molecule has 0 atom stereocenters. The predicted molar refractivity (Wildman–Crippen MR) is 79.8 cm³/mol. The van der Waals surface area contributed by atoms with Crippen LogP contribution in [0.4, 0.5) is 5.69 Å². The van der Waals surface area contributed by atoms with Crippen molar-refractivity contribution in [1.82, 2.24) is 9.78 Å². The normalized spacial score (nSPS) is 10.5. The second-order valence-electron chi connectivity index (χ2n) is 4.78. The highest BCUT2D eigenvalue weighted by Gasteiger charge is 2.11. The number of hydrogen-bond donors (Lipinski definition) is 1. The Kier molecular flexibility index (Phi) is 4.37. The van der Waals surface area contributed by atoms with Gasteiger partial charge in [-0.25, -0.2) is 4.68 Å². The monoisotopic (exact) mass is 287 g/mol. The number of ether oxygens (including phenoxy) is 1. The molecule has 1 N–H and O–H groups in total. The van der Waals surface area contributed by atoms with Crippen LogP contribution < -0.4 is 15.6 Å². The number of methoxy groups -OCH3 is 1. The molecule has 6 nitrogen and oxygen atoms in total. The minimum atomic E-state index is -0.366. The molecule has 0 saturated heterocycles. The molecule has 21 heavy (non-hydrogen) atoms. The van der Waals surface area contributed by atoms with Gasteiger partial charge in [0, 0.05) is 11.8 Å². The predicted octanol–water partition coefficient (Wildman–Crippen LogP) is 2.09. The van der Waals surface area contributed by atoms with Gasteiger partial charge in [0.05, 0.1) is 13.2 Å². The van der Waals surface area contributed by atoms with Gasteiger partial charge in [-0.2, -0.15) is 5.10 Å². The minimum absolute atomic E-state index is 0.105. The summed E-state index contributed by atoms with van der Waals surface area (Å²) in [4.78, 5) is 23.8. The molecule has 1 aromatic heterocycles. The van der Waals surface area contributed by atoms with Crippen molar-refractivity contribution < 1.29 is 9.53 Å². The molecule has 2 aromatic rings. The topological polar surface area (TPSA) is 73.2 Å². The molecule has 1 aromatic carbocycles. The van der Waals surface area contributed by atoms with Crippen molar-refractivity contribution in [1.29, 1.82) is 0 Å². The van der Waals surface area contributed by atoms with E-state index in [0.29, 0.717) is 11.4 Å². The SMILES string of the molecule is COc1ccc(NC(=O)c2ccc(=O)n(C(C)C)n2)cc1. The fourth-order valence-electron chi connectivity index (χ4n) is 1.79. The van der Waals surface area contributed by atoms with E-state index >= 15 is 0 Å². The molecule has 0 saturated carbocycles. The van der Waals surface area contributed by atoms with Crippen molar-refractivity contribution in [2.24, 2.45) is 0 Å². The molecule has 0 unspecified atom stereocenters. The van der Waals surface area contributed by atoms with Crippen LogP contribution in [0.3, 0.4) is 0 Å². The number of nitrogens with one attached hydrogen (secondary N) is 1. The zero-order chi connectivity index (χ0) is 15.4. The van der Waals surface area contributed by atoms with Gasteiger partial charge in [0.15, 0.2) is 0 Å². The van der Waals surface area contributed by atoms with Crippen molar-refractivity contribution in [3.63, 3.8) is 0 Å². The molecule has 0 aliphatic carbocycles. The lowest BCUT2D eigenvalue weighted by Crippen LogP contribution is -2.27. The summed E-state index contributed by atoms with van der Waals surface area (Å²) in [6.07, 6.45) is 0. The van der Waals surface area contributed by atoms with Crippen LogP contribution in [0.15, 0.2) is 41.2 Å². The van der Waals surface area contributed by atoms with E-state index in [-0.39, 0.29) is 23.2 Å². The van der Waals surface area contributed by atoms with Crippen molar-refractivity contribution in [3.05, 3.63) is 52.4 Å². The van der Waals surface area contributed by atoms with E-state index in [4.69, 9.17) is 4.74 Å². The van der Waals surface area contributed by atoms with Gasteiger partial charge in [-0.05, 0) is 44.2 Å². The highest BCUT2D eigenvalue weighted by Crippen LogP contribution is 2.15. The van der Waals surface area contributed by atoms with E-state index < -0.39 is 0 Å². The number of benzene rings is 1. The first kappa shape index (κ1) is 14.8. The van der Waals surface area contributed by atoms with Crippen molar-refractivity contribution in [2.45, 2.75) is 19.9 Å². The lowest BCUT2D eigenvalue weighted by molar-refractivity contribution is 0.101. The van der Waals surface area contributed by atoms with E-state index in [9.17, 15) is 9.59 Å². The lowest BCUT2D eigenvalue weighted by Gasteiger charge is -2.10. The van der Waals surface area contributed by atoms with Crippen molar-refractivity contribution in [2.75, 3.05) is 12.4 Å². The summed E-state index contributed by atoms with van der Waals surface area (Å²) in [6.45, 7) is 3.67. The Balaban J connectivity index is 2.19. The molecule has 110 valence electrons. The molecule has 6 heteroatoms. The van der Waals surface area contributed by atoms with Crippen LogP contribution in [-0.2, 0) is 0 Å². The number of nitrogens with zero attached hydrogens (tertiary/aromatic N) is 2. The Bertz CT molecular complexity index is 690. The molecular weight excluding hydrogens is 270 g/mol. The maximum Gasteiger partial charge on any atom is 0.276 e. The molecule has 0 spiro atoms. The summed E-state index contributed by atoms with van der Waals surface area (Å²) in [5, 5.41) is 6.79. The fourth-order valence-corrected chi connectivity index (χ4v) is 1.79. The Morgan fingerprint density at radius 1 is 1.19 bits per heavy atom. The molecule has 2 rings (SSSR count). The number of carbonyl (C=O) groups excluding carboxylic acids is 1. The van der Waals surface area contributed by atoms with Gasteiger partial charge >= 0.3 is 0 Å². The Hall–Kier alpha value is -2.63. The van der Waals surface area contributed by atoms with Gasteiger partial charge in [-0.15, -0.1) is 0 Å². The van der Waals surface area contributed by atoms with E-state index in [0.717, 1.165) is 0 Å². The van der Waals surface area contributed by atoms with Crippen molar-refractivity contribution in [3.8, 4) is 5.75 Å². The van der Waals surface area contributed by atoms with Crippen LogP contribution in [0.5, 0.6) is 5.75 Å². The number of anilines is 1. The Labute approximate surface area is 122 Å². The number of carbonyl (C=O) groups is 1. The number of aromatic nitrogens is 2. The number of amides is 1. The largest absolute Gasteiger partial charge is 0.497 e. The van der Waals surface area contributed by atoms with E-state index in [1.165, 1.54) is 16.8 Å². The summed E-state index contributed by atoms with van der Waals surface area (Å²) in [5.41, 5.74) is 0.593. The summed E-state index contributed by atoms with van der Waals surface area (Å²) >= 11 is 0. The van der Waals surface area contributed by atoms with Gasteiger partial charge in [-0.1, -0.05) is 0 Å². The zero-order valence-corrected chi connectivity index (χ0v) is 12.2. The highest BCUT2D eigenvalue weighted by molar-refractivity contribution is 6.02. The first-order valence-corrected chi connectivity index (χ1v) is 6.56. The summed E-state index contributed by atoms with van der Waals surface area (Å²) in [7, 11) is 1.58. The maximum absolute atomic E-state index is 12.1. The second-order valence-corrected chi connectivity index (χ2v) is 4.78. The molecule has 0 fully saturated rings. The molecule has 0 aliphatic heterocycles. The van der Waals surface area contributed by atoms with Crippen LogP contribution in [0.1, 0.15) is 30.4 Å². The number of rotatable bonds is 4. The first-order valence-electron chi connectivity index (χ1n) is 6.56. The van der Waals surface area contributed by atoms with Crippen molar-refractivity contribution >= 4 is 11.6 Å². The quantitative estimate of drug-likeness (QED) is 0.934. The average molecular weight is 287 g/mol. The third-order valence-corrected chi connectivity index (χ3v) is 2.89. The van der Waals surface area contributed by atoms with Gasteiger partial charge in [0.2, 0.25) is 0 Å². The Morgan fingerprint density at radius 3 is 2.43 bits per heavy atom. The van der Waals surface area contributed by atoms with Gasteiger partial charge in [0.25, 0.3) is 11.5 Å². The van der Waals surface area contributed by atoms with Crippen LogP contribution >= 0.6 is 0 Å². The van der Waals surface area contributed by atoms with Crippen LogP contribution in [0.25, 0.3) is 0 Å². The maximum atomic E-state index is 12.1. The zero-order valence-electron chi connectivity index (χ0n) is 12.2. The Morgan fingerprint density at radius 2 is 1.86 bits per heavy atom. The molecule has 1 amide bonds. The summed E-state index contributed by atoms with van der Waals surface area (Å²) in [5.74, 6) is 0.342. The van der Waals surface area contributed by atoms with E-state index in [2.05, 4.69) is 10.4 Å². The van der Waals surface area contributed by atoms with Crippen LogP contribution in [0.2, 0.25) is 0 Å². The van der Waals surface area contributed by atoms with Crippen LogP contribution in [-0.4, -0.2) is 22.8 Å². The molecule has 1 heterocycles. The molecule has 0 bridgehead atoms. The molecule has 0 aliphatic rings. The lowest BCUT2D eigenvalue weighted by atomic mass is 10.3. The van der Waals surface area contributed by atoms with E-state index in [1.807, 2.05) is 13.8 Å². The number of hydrogen-bond acceptors (Lipinski definition) is 4. The van der Waals surface area contributed by atoms with Gasteiger partial charge < -0.3 is 10.1 Å². The fraction of sp³-hybridized carbons (Fsp3) is 0.267. The molecular formula is C15H17N3O3. The third kappa shape index (κ3) is 3.47. The second kappa shape index (κ2) is 6.21. The standard InChI is InChI=1S/C15H17N3O3/c1-10(2)18-14(19)9-8-13(17-18)15(20)16-11-4-6-12(21-3)7-5-11/h4-10H,1-3H3,(H,16,20). The van der Waals surface area contributed by atoms with Gasteiger partial charge in [-0.3, -0.25) is 9.59 Å². The first-order chi connectivity index (χ1) is 10.0. The van der Waals surface area contributed by atoms with Crippen LogP contribution in [0, 0.1) is 0 Å². The van der Waals surface area contributed by atoms with E-state index in [1.54, 1.807) is 31.4 Å². The third-order valence-electron chi connectivity index (χ3n) is 2.89. The highest BCUT2D eigenvalue weighted by atomic mass is 16.5. The minimum Gasteiger partial charge on any atom is -0.497 e. The summed E-state index contributed by atoms with van der Waals surface area (Å²) in [6, 6.07) is 9.61. The van der Waals surface area contributed by atoms with Gasteiger partial charge in [0.1, 0.15) is 11.4 Å².